The van der Waals surface area contributed by atoms with Crippen molar-refractivity contribution in [2.45, 2.75) is 25.7 Å². The van der Waals surface area contributed by atoms with E-state index in [-0.39, 0.29) is 17.3 Å². The van der Waals surface area contributed by atoms with Crippen molar-refractivity contribution in [3.8, 4) is 0 Å². The quantitative estimate of drug-likeness (QED) is 0.253. The molecule has 34 heavy (non-hydrogen) atoms. The van der Waals surface area contributed by atoms with Gasteiger partial charge in [0.15, 0.2) is 0 Å². The molecule has 192 valence electrons. The predicted molar refractivity (Wildman–Crippen MR) is 125 cm³/mol. The molecule has 0 aromatic heterocycles. The summed E-state index contributed by atoms with van der Waals surface area (Å²) in [5.74, 6) is -3.84. The van der Waals surface area contributed by atoms with Crippen molar-refractivity contribution in [1.29, 1.82) is 0 Å². The minimum absolute atomic E-state index is 0.177. The summed E-state index contributed by atoms with van der Waals surface area (Å²) in [5.41, 5.74) is 1.34. The van der Waals surface area contributed by atoms with Crippen molar-refractivity contribution in [3.63, 3.8) is 0 Å². The van der Waals surface area contributed by atoms with E-state index in [1.807, 2.05) is 6.92 Å². The number of amides is 1. The summed E-state index contributed by atoms with van der Waals surface area (Å²) in [4.78, 5) is 32.9. The SMILES string of the molecule is CCN(CC)S(=O)(=O)c1ccc(C)c(NC(=O)CNCCN2CCOCC2)c1.O=C(O)C(=O)O. The molecule has 0 spiro atoms. The molecular weight excluding hydrogens is 468 g/mol. The lowest BCUT2D eigenvalue weighted by molar-refractivity contribution is -0.159. The molecule has 12 nitrogen and oxygen atoms in total. The monoisotopic (exact) mass is 502 g/mol. The van der Waals surface area contributed by atoms with Gasteiger partial charge in [-0.1, -0.05) is 19.9 Å². The van der Waals surface area contributed by atoms with Gasteiger partial charge in [0.25, 0.3) is 0 Å². The zero-order valence-electron chi connectivity index (χ0n) is 19.7. The Morgan fingerprint density at radius 3 is 2.21 bits per heavy atom. The Balaban J connectivity index is 0.000000852. The highest BCUT2D eigenvalue weighted by molar-refractivity contribution is 7.89. The zero-order chi connectivity index (χ0) is 25.7. The molecule has 0 unspecified atom stereocenters. The molecule has 0 atom stereocenters. The Kier molecular flexibility index (Phi) is 12.7. The van der Waals surface area contributed by atoms with E-state index in [0.29, 0.717) is 25.3 Å². The van der Waals surface area contributed by atoms with Crippen LogP contribution in [0.5, 0.6) is 0 Å². The normalized spacial score (nSPS) is 14.2. The van der Waals surface area contributed by atoms with Gasteiger partial charge in [-0.15, -0.1) is 0 Å². The number of nitrogens with one attached hydrogen (secondary N) is 2. The summed E-state index contributed by atoms with van der Waals surface area (Å²) in [6, 6.07) is 4.84. The van der Waals surface area contributed by atoms with Crippen LogP contribution in [-0.4, -0.2) is 105 Å². The Morgan fingerprint density at radius 1 is 1.09 bits per heavy atom. The van der Waals surface area contributed by atoms with Crippen LogP contribution in [0, 0.1) is 6.92 Å². The van der Waals surface area contributed by atoms with Crippen molar-refractivity contribution >= 4 is 33.6 Å². The second kappa shape index (κ2) is 14.6. The molecule has 2 rings (SSSR count). The van der Waals surface area contributed by atoms with Gasteiger partial charge in [-0.05, 0) is 24.6 Å². The van der Waals surface area contributed by atoms with E-state index in [4.69, 9.17) is 24.5 Å². The molecule has 1 aromatic carbocycles. The fraction of sp³-hybridized carbons (Fsp3) is 0.571. The van der Waals surface area contributed by atoms with Crippen LogP contribution in [0.3, 0.4) is 0 Å². The topological polar surface area (TPSA) is 166 Å². The van der Waals surface area contributed by atoms with Crippen LogP contribution in [0.2, 0.25) is 0 Å². The Hall–Kier alpha value is -2.58. The molecule has 0 saturated carbocycles. The number of hydrogen-bond donors (Lipinski definition) is 4. The van der Waals surface area contributed by atoms with E-state index < -0.39 is 22.0 Å². The molecule has 1 aliphatic rings. The molecule has 1 heterocycles. The summed E-state index contributed by atoms with van der Waals surface area (Å²) in [6.07, 6.45) is 0. The third kappa shape index (κ3) is 9.73. The molecule has 4 N–H and O–H groups in total. The van der Waals surface area contributed by atoms with Crippen LogP contribution in [0.15, 0.2) is 23.1 Å². The fourth-order valence-corrected chi connectivity index (χ4v) is 4.55. The third-order valence-corrected chi connectivity index (χ3v) is 7.05. The van der Waals surface area contributed by atoms with Gasteiger partial charge in [0, 0.05) is 45.0 Å². The van der Waals surface area contributed by atoms with Gasteiger partial charge in [-0.3, -0.25) is 9.69 Å². The number of ether oxygens (including phenoxy) is 1. The van der Waals surface area contributed by atoms with E-state index in [1.54, 1.807) is 26.0 Å². The Labute approximate surface area is 199 Å². The van der Waals surface area contributed by atoms with Crippen molar-refractivity contribution in [3.05, 3.63) is 23.8 Å². The minimum Gasteiger partial charge on any atom is -0.473 e. The maximum absolute atomic E-state index is 12.7. The van der Waals surface area contributed by atoms with Gasteiger partial charge >= 0.3 is 11.9 Å². The Bertz CT molecular complexity index is 917. The van der Waals surface area contributed by atoms with Gasteiger partial charge in [0.1, 0.15) is 0 Å². The number of anilines is 1. The van der Waals surface area contributed by atoms with Crippen LogP contribution >= 0.6 is 0 Å². The fourth-order valence-electron chi connectivity index (χ4n) is 3.07. The van der Waals surface area contributed by atoms with Crippen LogP contribution < -0.4 is 10.6 Å². The maximum atomic E-state index is 12.7. The minimum atomic E-state index is -3.56. The molecular formula is C21H34N4O8S. The maximum Gasteiger partial charge on any atom is 0.414 e. The lowest BCUT2D eigenvalue weighted by Gasteiger charge is -2.26. The summed E-state index contributed by atoms with van der Waals surface area (Å²) < 4.78 is 32.1. The number of carbonyl (C=O) groups excluding carboxylic acids is 1. The van der Waals surface area contributed by atoms with Crippen molar-refractivity contribution in [1.82, 2.24) is 14.5 Å². The number of rotatable bonds is 10. The average Bonchev–Trinajstić information content (AvgIpc) is 2.79. The lowest BCUT2D eigenvalue weighted by Crippen LogP contribution is -2.41. The van der Waals surface area contributed by atoms with Crippen LogP contribution in [0.4, 0.5) is 5.69 Å². The third-order valence-electron chi connectivity index (χ3n) is 5.00. The van der Waals surface area contributed by atoms with E-state index in [1.165, 1.54) is 10.4 Å². The first-order valence-corrected chi connectivity index (χ1v) is 12.3. The van der Waals surface area contributed by atoms with E-state index in [9.17, 15) is 13.2 Å². The second-order valence-corrected chi connectivity index (χ2v) is 9.29. The lowest BCUT2D eigenvalue weighted by atomic mass is 10.2. The molecule has 0 radical (unpaired) electrons. The van der Waals surface area contributed by atoms with Gasteiger partial charge in [-0.2, -0.15) is 4.31 Å². The van der Waals surface area contributed by atoms with Crippen molar-refractivity contribution < 1.29 is 37.8 Å². The molecule has 0 aliphatic carbocycles. The molecule has 1 aliphatic heterocycles. The number of hydrogen-bond acceptors (Lipinski definition) is 8. The van der Waals surface area contributed by atoms with Crippen LogP contribution in [0.25, 0.3) is 0 Å². The Morgan fingerprint density at radius 2 is 1.68 bits per heavy atom. The number of nitrogens with zero attached hydrogens (tertiary/aromatic N) is 2. The van der Waals surface area contributed by atoms with Gasteiger partial charge in [0.2, 0.25) is 15.9 Å². The molecule has 13 heteroatoms. The average molecular weight is 503 g/mol. The van der Waals surface area contributed by atoms with Crippen LogP contribution in [-0.2, 0) is 29.1 Å². The van der Waals surface area contributed by atoms with Gasteiger partial charge in [0.05, 0.1) is 24.7 Å². The second-order valence-electron chi connectivity index (χ2n) is 7.36. The van der Waals surface area contributed by atoms with Gasteiger partial charge in [-0.25, -0.2) is 18.0 Å². The standard InChI is InChI=1S/C19H32N4O4S.C2H2O4/c1-4-23(5-2)28(25,26)17-7-6-16(3)18(14-17)21-19(24)15-20-8-9-22-10-12-27-13-11-22;3-1(4)2(5)6/h6-7,14,20H,4-5,8-13,15H2,1-3H3,(H,21,24);(H,3,4)(H,5,6). The molecule has 0 bridgehead atoms. The van der Waals surface area contributed by atoms with Crippen molar-refractivity contribution in [2.24, 2.45) is 0 Å². The van der Waals surface area contributed by atoms with E-state index in [2.05, 4.69) is 15.5 Å². The molecule has 1 amide bonds. The first-order chi connectivity index (χ1) is 16.0. The zero-order valence-corrected chi connectivity index (χ0v) is 20.6. The first kappa shape index (κ1) is 29.5. The summed E-state index contributed by atoms with van der Waals surface area (Å²) >= 11 is 0. The van der Waals surface area contributed by atoms with E-state index in [0.717, 1.165) is 38.4 Å². The van der Waals surface area contributed by atoms with Crippen molar-refractivity contribution in [2.75, 3.05) is 64.3 Å². The summed E-state index contributed by atoms with van der Waals surface area (Å²) in [7, 11) is -3.56. The first-order valence-electron chi connectivity index (χ1n) is 10.9. The van der Waals surface area contributed by atoms with E-state index >= 15 is 0 Å². The van der Waals surface area contributed by atoms with Crippen LogP contribution in [0.1, 0.15) is 19.4 Å². The number of carbonyl (C=O) groups is 3. The molecule has 1 aromatic rings. The predicted octanol–water partition coefficient (Wildman–Crippen LogP) is 0.0414. The summed E-state index contributed by atoms with van der Waals surface area (Å²) in [6.45, 7) is 11.4. The largest absolute Gasteiger partial charge is 0.473 e. The highest BCUT2D eigenvalue weighted by Gasteiger charge is 2.22. The number of benzene rings is 1. The number of carboxylic acids is 2. The highest BCUT2D eigenvalue weighted by Crippen LogP contribution is 2.22. The number of sulfonamides is 1. The highest BCUT2D eigenvalue weighted by atomic mass is 32.2. The molecule has 1 saturated heterocycles. The number of aliphatic carboxylic acids is 2. The number of aryl methyl sites for hydroxylation is 1. The van der Waals surface area contributed by atoms with Gasteiger partial charge < -0.3 is 25.6 Å². The molecule has 1 fully saturated rings. The number of carboxylic acid groups (broad SMARTS) is 2. The summed E-state index contributed by atoms with van der Waals surface area (Å²) in [5, 5.41) is 20.7. The smallest absolute Gasteiger partial charge is 0.414 e. The number of morpholine rings is 1.